The fourth-order valence-corrected chi connectivity index (χ4v) is 1.41. The summed E-state index contributed by atoms with van der Waals surface area (Å²) in [6.07, 6.45) is 0.511. The lowest BCUT2D eigenvalue weighted by Gasteiger charge is -2.13. The van der Waals surface area contributed by atoms with Gasteiger partial charge in [0.15, 0.2) is 0 Å². The highest BCUT2D eigenvalue weighted by atomic mass is 16.5. The predicted molar refractivity (Wildman–Crippen MR) is 63.7 cm³/mol. The highest BCUT2D eigenvalue weighted by molar-refractivity contribution is 5.34. The zero-order valence-corrected chi connectivity index (χ0v) is 9.98. The summed E-state index contributed by atoms with van der Waals surface area (Å²) < 4.78 is 10.9. The van der Waals surface area contributed by atoms with E-state index in [-0.39, 0.29) is 0 Å². The summed E-state index contributed by atoms with van der Waals surface area (Å²) in [6, 6.07) is 7.52. The predicted octanol–water partition coefficient (Wildman–Crippen LogP) is 2.55. The number of hydrogen-bond acceptors (Lipinski definition) is 3. The van der Waals surface area contributed by atoms with Crippen LogP contribution < -0.4 is 4.74 Å². The van der Waals surface area contributed by atoms with Crippen molar-refractivity contribution in [1.29, 1.82) is 0 Å². The molecule has 0 fully saturated rings. The quantitative estimate of drug-likeness (QED) is 0.723. The summed E-state index contributed by atoms with van der Waals surface area (Å²) in [6.45, 7) is 5.67. The minimum atomic E-state index is -0.507. The highest BCUT2D eigenvalue weighted by Crippen LogP contribution is 2.24. The van der Waals surface area contributed by atoms with Gasteiger partial charge in [-0.15, -0.1) is 0 Å². The van der Waals surface area contributed by atoms with Crippen molar-refractivity contribution in [3.05, 3.63) is 29.8 Å². The molecule has 0 bridgehead atoms. The average molecular weight is 224 g/mol. The Hall–Kier alpha value is -1.06. The number of benzene rings is 1. The second kappa shape index (κ2) is 7.25. The van der Waals surface area contributed by atoms with Gasteiger partial charge in [0.05, 0.1) is 12.7 Å². The maximum Gasteiger partial charge on any atom is 0.125 e. The zero-order valence-electron chi connectivity index (χ0n) is 9.98. The van der Waals surface area contributed by atoms with Crippen molar-refractivity contribution < 1.29 is 14.6 Å². The Kier molecular flexibility index (Phi) is 5.90. The monoisotopic (exact) mass is 224 g/mol. The van der Waals surface area contributed by atoms with E-state index in [1.807, 2.05) is 24.3 Å². The number of hydrogen-bond donors (Lipinski definition) is 1. The van der Waals surface area contributed by atoms with E-state index >= 15 is 0 Å². The van der Waals surface area contributed by atoms with Crippen LogP contribution in [0.4, 0.5) is 0 Å². The normalized spacial score (nSPS) is 12.4. The van der Waals surface area contributed by atoms with Crippen molar-refractivity contribution in [2.45, 2.75) is 26.4 Å². The van der Waals surface area contributed by atoms with Gasteiger partial charge < -0.3 is 14.6 Å². The van der Waals surface area contributed by atoms with E-state index in [1.165, 1.54) is 0 Å². The van der Waals surface area contributed by atoms with Gasteiger partial charge in [-0.25, -0.2) is 0 Å². The van der Waals surface area contributed by atoms with E-state index in [1.54, 1.807) is 6.92 Å². The van der Waals surface area contributed by atoms with Crippen LogP contribution in [0.2, 0.25) is 0 Å². The molecule has 0 aliphatic carbocycles. The number of aliphatic hydroxyl groups is 1. The topological polar surface area (TPSA) is 38.7 Å². The first-order chi connectivity index (χ1) is 7.75. The SMILES string of the molecule is CCCOCCOc1ccccc1C(C)O. The molecule has 0 aliphatic rings. The molecule has 0 aromatic heterocycles. The Morgan fingerprint density at radius 1 is 1.19 bits per heavy atom. The molecule has 0 aliphatic heterocycles. The second-order valence-corrected chi connectivity index (χ2v) is 3.67. The molecule has 1 aromatic carbocycles. The highest BCUT2D eigenvalue weighted by Gasteiger charge is 2.07. The first-order valence-corrected chi connectivity index (χ1v) is 5.73. The van der Waals surface area contributed by atoms with Gasteiger partial charge in [0.2, 0.25) is 0 Å². The van der Waals surface area contributed by atoms with E-state index in [4.69, 9.17) is 9.47 Å². The van der Waals surface area contributed by atoms with Crippen LogP contribution in [0.5, 0.6) is 5.75 Å². The molecule has 16 heavy (non-hydrogen) atoms. The first-order valence-electron chi connectivity index (χ1n) is 5.73. The summed E-state index contributed by atoms with van der Waals surface area (Å²) in [5.41, 5.74) is 0.818. The van der Waals surface area contributed by atoms with E-state index < -0.39 is 6.10 Å². The summed E-state index contributed by atoms with van der Waals surface area (Å²) in [5, 5.41) is 9.53. The van der Waals surface area contributed by atoms with E-state index in [2.05, 4.69) is 6.92 Å². The van der Waals surface area contributed by atoms with Gasteiger partial charge in [-0.2, -0.15) is 0 Å². The molecule has 1 rings (SSSR count). The number of rotatable bonds is 7. The van der Waals surface area contributed by atoms with Gasteiger partial charge in [-0.05, 0) is 19.4 Å². The molecule has 0 saturated carbocycles. The molecule has 1 aromatic rings. The third-order valence-electron chi connectivity index (χ3n) is 2.20. The van der Waals surface area contributed by atoms with Gasteiger partial charge in [-0.1, -0.05) is 25.1 Å². The van der Waals surface area contributed by atoms with Crippen molar-refractivity contribution in [2.75, 3.05) is 19.8 Å². The maximum atomic E-state index is 9.53. The van der Waals surface area contributed by atoms with Gasteiger partial charge in [0, 0.05) is 12.2 Å². The zero-order chi connectivity index (χ0) is 11.8. The fraction of sp³-hybridized carbons (Fsp3) is 0.538. The lowest BCUT2D eigenvalue weighted by Crippen LogP contribution is -2.08. The molecule has 0 radical (unpaired) electrons. The van der Waals surface area contributed by atoms with Crippen molar-refractivity contribution in [2.24, 2.45) is 0 Å². The van der Waals surface area contributed by atoms with Gasteiger partial charge in [-0.3, -0.25) is 0 Å². The van der Waals surface area contributed by atoms with Crippen molar-refractivity contribution in [3.8, 4) is 5.75 Å². The molecule has 0 saturated heterocycles. The maximum absolute atomic E-state index is 9.53. The van der Waals surface area contributed by atoms with Crippen LogP contribution in [-0.2, 0) is 4.74 Å². The molecular weight excluding hydrogens is 204 g/mol. The molecule has 0 spiro atoms. The van der Waals surface area contributed by atoms with Gasteiger partial charge in [0.25, 0.3) is 0 Å². The summed E-state index contributed by atoms with van der Waals surface area (Å²) >= 11 is 0. The van der Waals surface area contributed by atoms with Crippen LogP contribution in [0.3, 0.4) is 0 Å². The largest absolute Gasteiger partial charge is 0.491 e. The second-order valence-electron chi connectivity index (χ2n) is 3.67. The Labute approximate surface area is 97.0 Å². The van der Waals surface area contributed by atoms with Crippen LogP contribution >= 0.6 is 0 Å². The molecule has 3 nitrogen and oxygen atoms in total. The third kappa shape index (κ3) is 4.21. The summed E-state index contributed by atoms with van der Waals surface area (Å²) in [4.78, 5) is 0. The van der Waals surface area contributed by atoms with Crippen LogP contribution in [0.15, 0.2) is 24.3 Å². The smallest absolute Gasteiger partial charge is 0.125 e. The Balaban J connectivity index is 2.41. The van der Waals surface area contributed by atoms with Crippen LogP contribution in [-0.4, -0.2) is 24.9 Å². The third-order valence-corrected chi connectivity index (χ3v) is 2.20. The van der Waals surface area contributed by atoms with Crippen molar-refractivity contribution >= 4 is 0 Å². The summed E-state index contributed by atoms with van der Waals surface area (Å²) in [5.74, 6) is 0.734. The van der Waals surface area contributed by atoms with E-state index in [9.17, 15) is 5.11 Å². The van der Waals surface area contributed by atoms with Gasteiger partial charge in [0.1, 0.15) is 12.4 Å². The van der Waals surface area contributed by atoms with Crippen LogP contribution in [0.25, 0.3) is 0 Å². The lowest BCUT2D eigenvalue weighted by molar-refractivity contribution is 0.0986. The standard InChI is InChI=1S/C13H20O3/c1-3-8-15-9-10-16-13-7-5-4-6-12(13)11(2)14/h4-7,11,14H,3,8-10H2,1-2H3. The minimum absolute atomic E-state index is 0.507. The Bertz CT molecular complexity index is 297. The average Bonchev–Trinajstić information content (AvgIpc) is 2.29. The molecule has 3 heteroatoms. The molecule has 1 N–H and O–H groups in total. The first kappa shape index (κ1) is 13.0. The molecule has 0 amide bonds. The Morgan fingerprint density at radius 3 is 2.62 bits per heavy atom. The fourth-order valence-electron chi connectivity index (χ4n) is 1.41. The molecular formula is C13H20O3. The van der Waals surface area contributed by atoms with Crippen molar-refractivity contribution in [3.63, 3.8) is 0 Å². The van der Waals surface area contributed by atoms with E-state index in [0.29, 0.717) is 13.2 Å². The molecule has 1 unspecified atom stereocenters. The molecule has 0 heterocycles. The lowest BCUT2D eigenvalue weighted by atomic mass is 10.1. The van der Waals surface area contributed by atoms with Crippen molar-refractivity contribution in [1.82, 2.24) is 0 Å². The van der Waals surface area contributed by atoms with E-state index in [0.717, 1.165) is 24.3 Å². The summed E-state index contributed by atoms with van der Waals surface area (Å²) in [7, 11) is 0. The molecule has 90 valence electrons. The Morgan fingerprint density at radius 2 is 1.94 bits per heavy atom. The minimum Gasteiger partial charge on any atom is -0.491 e. The van der Waals surface area contributed by atoms with Crippen LogP contribution in [0.1, 0.15) is 31.9 Å². The van der Waals surface area contributed by atoms with Gasteiger partial charge >= 0.3 is 0 Å². The number of para-hydroxylation sites is 1. The number of ether oxygens (including phenoxy) is 2. The molecule has 1 atom stereocenters. The van der Waals surface area contributed by atoms with Crippen LogP contribution in [0, 0.1) is 0 Å². The number of aliphatic hydroxyl groups excluding tert-OH is 1.